The Morgan fingerprint density at radius 1 is 1.38 bits per heavy atom. The van der Waals surface area contributed by atoms with Gasteiger partial charge in [0.1, 0.15) is 6.04 Å². The molecule has 3 heteroatoms. The molecule has 0 saturated heterocycles. The van der Waals surface area contributed by atoms with Crippen LogP contribution in [0.3, 0.4) is 0 Å². The van der Waals surface area contributed by atoms with Gasteiger partial charge < -0.3 is 9.47 Å². The zero-order valence-electron chi connectivity index (χ0n) is 12.8. The summed E-state index contributed by atoms with van der Waals surface area (Å²) in [5.41, 5.74) is 4.50. The van der Waals surface area contributed by atoms with Gasteiger partial charge in [0.25, 0.3) is 0 Å². The molecule has 2 aromatic rings. The number of hydrogen-bond acceptors (Lipinski definition) is 0. The van der Waals surface area contributed by atoms with Gasteiger partial charge in [0.15, 0.2) is 0 Å². The molecule has 0 spiro atoms. The van der Waals surface area contributed by atoms with Gasteiger partial charge in [0, 0.05) is 11.8 Å². The Balaban J connectivity index is 1.86. The van der Waals surface area contributed by atoms with E-state index >= 15 is 0 Å². The van der Waals surface area contributed by atoms with Gasteiger partial charge >= 0.3 is 0 Å². The van der Waals surface area contributed by atoms with E-state index in [0.717, 1.165) is 11.6 Å². The second-order valence-electron chi connectivity index (χ2n) is 6.61. The second kappa shape index (κ2) is 5.33. The number of benzene rings is 1. The van der Waals surface area contributed by atoms with Crippen molar-refractivity contribution in [2.75, 3.05) is 13.1 Å². The van der Waals surface area contributed by atoms with Crippen LogP contribution < -0.4 is 4.90 Å². The topological polar surface area (TPSA) is 9.37 Å². The number of hydrogen-bond donors (Lipinski definition) is 1. The quantitative estimate of drug-likeness (QED) is 0.890. The molecule has 1 N–H and O–H groups in total. The summed E-state index contributed by atoms with van der Waals surface area (Å²) >= 11 is 6.52. The minimum Gasteiger partial charge on any atom is -0.332 e. The Bertz CT molecular complexity index is 673. The highest BCUT2D eigenvalue weighted by Crippen LogP contribution is 2.39. The fourth-order valence-electron chi connectivity index (χ4n) is 4.50. The standard InChI is InChI=1S/C18H23ClN2/c1-2-3-10-20-11-12-21-17-13(6-4-8-15(17)19)14-7-5-9-16(20)18(14)21/h4,6,8,16H,2-3,5,7,9-12H2,1H3/p+1/t16-/m1/s1. The number of halogens is 1. The molecule has 0 saturated carbocycles. The SMILES string of the molecule is CCCC[NH+]1CCn2c3c(c4cccc(Cl)c42)CCC[C@H]31. The van der Waals surface area contributed by atoms with Crippen molar-refractivity contribution in [1.29, 1.82) is 0 Å². The van der Waals surface area contributed by atoms with Crippen molar-refractivity contribution in [1.82, 2.24) is 4.57 Å². The van der Waals surface area contributed by atoms with Gasteiger partial charge in [-0.15, -0.1) is 0 Å². The lowest BCUT2D eigenvalue weighted by Crippen LogP contribution is -3.13. The molecule has 1 aromatic heterocycles. The van der Waals surface area contributed by atoms with Crippen molar-refractivity contribution in [3.05, 3.63) is 34.5 Å². The second-order valence-corrected chi connectivity index (χ2v) is 7.02. The average molecular weight is 304 g/mol. The number of aromatic nitrogens is 1. The highest BCUT2D eigenvalue weighted by Gasteiger charge is 2.37. The van der Waals surface area contributed by atoms with Crippen LogP contribution >= 0.6 is 11.6 Å². The van der Waals surface area contributed by atoms with Crippen LogP contribution in [0.5, 0.6) is 0 Å². The summed E-state index contributed by atoms with van der Waals surface area (Å²) in [6.45, 7) is 6.01. The minimum atomic E-state index is 0.706. The summed E-state index contributed by atoms with van der Waals surface area (Å²) in [5.74, 6) is 0. The Labute approximate surface area is 131 Å². The first-order valence-corrected chi connectivity index (χ1v) is 8.83. The number of unbranched alkanes of at least 4 members (excludes halogenated alkanes) is 1. The molecule has 1 aromatic carbocycles. The molecule has 2 nitrogen and oxygen atoms in total. The van der Waals surface area contributed by atoms with Crippen molar-refractivity contribution in [3.8, 4) is 0 Å². The van der Waals surface area contributed by atoms with Crippen LogP contribution in [0.25, 0.3) is 10.9 Å². The van der Waals surface area contributed by atoms with Crippen LogP contribution in [-0.4, -0.2) is 17.7 Å². The molecule has 1 unspecified atom stereocenters. The first-order valence-electron chi connectivity index (χ1n) is 8.45. The monoisotopic (exact) mass is 303 g/mol. The Kier molecular flexibility index (Phi) is 3.47. The number of nitrogens with one attached hydrogen (secondary N) is 1. The summed E-state index contributed by atoms with van der Waals surface area (Å²) in [5, 5.41) is 2.34. The van der Waals surface area contributed by atoms with Crippen molar-refractivity contribution in [3.63, 3.8) is 0 Å². The molecule has 1 aliphatic carbocycles. The molecule has 4 rings (SSSR count). The maximum absolute atomic E-state index is 6.52. The van der Waals surface area contributed by atoms with E-state index in [1.807, 2.05) is 11.0 Å². The summed E-state index contributed by atoms with van der Waals surface area (Å²) in [4.78, 5) is 1.81. The van der Waals surface area contributed by atoms with Crippen LogP contribution in [-0.2, 0) is 13.0 Å². The third kappa shape index (κ3) is 2.03. The van der Waals surface area contributed by atoms with Crippen molar-refractivity contribution in [2.45, 2.75) is 51.6 Å². The first kappa shape index (κ1) is 13.7. The van der Waals surface area contributed by atoms with Gasteiger partial charge in [0.2, 0.25) is 0 Å². The summed E-state index contributed by atoms with van der Waals surface area (Å²) < 4.78 is 2.55. The fraction of sp³-hybridized carbons (Fsp3) is 0.556. The molecule has 1 aliphatic heterocycles. The van der Waals surface area contributed by atoms with Crippen LogP contribution in [0.15, 0.2) is 18.2 Å². The molecular weight excluding hydrogens is 280 g/mol. The van der Waals surface area contributed by atoms with Crippen LogP contribution in [0.4, 0.5) is 0 Å². The number of rotatable bonds is 3. The molecular formula is C18H24ClN2+. The van der Waals surface area contributed by atoms with Crippen LogP contribution in [0.2, 0.25) is 5.02 Å². The lowest BCUT2D eigenvalue weighted by atomic mass is 9.89. The highest BCUT2D eigenvalue weighted by molar-refractivity contribution is 6.35. The van der Waals surface area contributed by atoms with Gasteiger partial charge in [-0.2, -0.15) is 0 Å². The molecule has 0 fully saturated rings. The van der Waals surface area contributed by atoms with E-state index < -0.39 is 0 Å². The van der Waals surface area contributed by atoms with E-state index in [9.17, 15) is 0 Å². The normalized spacial score (nSPS) is 24.3. The fourth-order valence-corrected chi connectivity index (χ4v) is 4.77. The third-order valence-electron chi connectivity index (χ3n) is 5.43. The zero-order valence-corrected chi connectivity index (χ0v) is 13.5. The van der Waals surface area contributed by atoms with Gasteiger partial charge in [-0.05, 0) is 30.9 Å². The average Bonchev–Trinajstić information content (AvgIpc) is 2.84. The predicted molar refractivity (Wildman–Crippen MR) is 88.2 cm³/mol. The van der Waals surface area contributed by atoms with Crippen LogP contribution in [0, 0.1) is 0 Å². The van der Waals surface area contributed by atoms with E-state index in [0.29, 0.717) is 6.04 Å². The molecule has 2 atom stereocenters. The van der Waals surface area contributed by atoms with E-state index in [1.165, 1.54) is 56.1 Å². The first-order chi connectivity index (χ1) is 10.3. The lowest BCUT2D eigenvalue weighted by Gasteiger charge is -2.37. The van der Waals surface area contributed by atoms with Gasteiger partial charge in [0.05, 0.1) is 35.9 Å². The Morgan fingerprint density at radius 3 is 3.14 bits per heavy atom. The number of nitrogens with zero attached hydrogens (tertiary/aromatic N) is 1. The number of quaternary nitrogens is 1. The van der Waals surface area contributed by atoms with Gasteiger partial charge in [-0.1, -0.05) is 37.1 Å². The summed E-state index contributed by atoms with van der Waals surface area (Å²) in [6, 6.07) is 7.14. The molecule has 0 bridgehead atoms. The van der Waals surface area contributed by atoms with Crippen molar-refractivity contribution in [2.24, 2.45) is 0 Å². The Hall–Kier alpha value is -0.990. The number of fused-ring (bicyclic) bond motifs is 3. The molecule has 21 heavy (non-hydrogen) atoms. The third-order valence-corrected chi connectivity index (χ3v) is 5.74. The minimum absolute atomic E-state index is 0.706. The maximum atomic E-state index is 6.52. The predicted octanol–water partition coefficient (Wildman–Crippen LogP) is 3.37. The number of para-hydroxylation sites is 1. The van der Waals surface area contributed by atoms with Crippen LogP contribution in [0.1, 0.15) is 49.9 Å². The summed E-state index contributed by atoms with van der Waals surface area (Å²) in [6.07, 6.45) is 6.57. The molecule has 2 heterocycles. The van der Waals surface area contributed by atoms with E-state index in [1.54, 1.807) is 11.3 Å². The largest absolute Gasteiger partial charge is 0.332 e. The summed E-state index contributed by atoms with van der Waals surface area (Å²) in [7, 11) is 0. The molecule has 0 radical (unpaired) electrons. The van der Waals surface area contributed by atoms with E-state index in [-0.39, 0.29) is 0 Å². The molecule has 0 amide bonds. The van der Waals surface area contributed by atoms with E-state index in [4.69, 9.17) is 11.6 Å². The maximum Gasteiger partial charge on any atom is 0.129 e. The highest BCUT2D eigenvalue weighted by atomic mass is 35.5. The van der Waals surface area contributed by atoms with Crippen molar-refractivity contribution >= 4 is 22.5 Å². The zero-order chi connectivity index (χ0) is 14.4. The van der Waals surface area contributed by atoms with Gasteiger partial charge in [-0.3, -0.25) is 0 Å². The number of aryl methyl sites for hydroxylation is 1. The lowest BCUT2D eigenvalue weighted by molar-refractivity contribution is -0.937. The smallest absolute Gasteiger partial charge is 0.129 e. The Morgan fingerprint density at radius 2 is 2.29 bits per heavy atom. The van der Waals surface area contributed by atoms with E-state index in [2.05, 4.69) is 23.6 Å². The van der Waals surface area contributed by atoms with Crippen molar-refractivity contribution < 1.29 is 4.90 Å². The molecule has 112 valence electrons. The van der Waals surface area contributed by atoms with Gasteiger partial charge in [-0.25, -0.2) is 0 Å². The molecule has 2 aliphatic rings.